The number of ether oxygens (including phenoxy) is 1. The zero-order valence-corrected chi connectivity index (χ0v) is 9.11. The van der Waals surface area contributed by atoms with Gasteiger partial charge in [-0.25, -0.2) is 0 Å². The van der Waals surface area contributed by atoms with Gasteiger partial charge in [0.2, 0.25) is 5.91 Å². The molecule has 0 radical (unpaired) electrons. The molecule has 2 N–H and O–H groups in total. The van der Waals surface area contributed by atoms with Crippen molar-refractivity contribution in [3.63, 3.8) is 0 Å². The molecule has 0 aromatic heterocycles. The molecule has 1 fully saturated rings. The Hall–Kier alpha value is -1.55. The maximum atomic E-state index is 11.4. The fourth-order valence-corrected chi connectivity index (χ4v) is 1.47. The van der Waals surface area contributed by atoms with Crippen LogP contribution < -0.4 is 15.4 Å². The Bertz CT molecular complexity index is 336. The highest BCUT2D eigenvalue weighted by Crippen LogP contribution is 2.08. The van der Waals surface area contributed by atoms with Gasteiger partial charge in [-0.1, -0.05) is 18.2 Å². The molecule has 4 heteroatoms. The lowest BCUT2D eigenvalue weighted by molar-refractivity contribution is -0.122. The fraction of sp³-hybridized carbons (Fsp3) is 0.417. The minimum absolute atomic E-state index is 0.0578. The third-order valence-electron chi connectivity index (χ3n) is 2.49. The number of benzene rings is 1. The highest BCUT2D eigenvalue weighted by molar-refractivity contribution is 5.76. The van der Waals surface area contributed by atoms with Crippen LogP contribution in [0.2, 0.25) is 0 Å². The summed E-state index contributed by atoms with van der Waals surface area (Å²) in [6, 6.07) is 9.83. The molecule has 1 heterocycles. The molecule has 1 saturated heterocycles. The summed E-state index contributed by atoms with van der Waals surface area (Å²) in [5.74, 6) is 0.864. The minimum atomic E-state index is 0.0578. The van der Waals surface area contributed by atoms with Crippen molar-refractivity contribution < 1.29 is 9.53 Å². The second-order valence-corrected chi connectivity index (χ2v) is 3.83. The van der Waals surface area contributed by atoms with Gasteiger partial charge in [0.05, 0.1) is 19.1 Å². The highest BCUT2D eigenvalue weighted by atomic mass is 16.5. The average Bonchev–Trinajstić information content (AvgIpc) is 2.25. The third kappa shape index (κ3) is 3.24. The van der Waals surface area contributed by atoms with Crippen LogP contribution in [-0.4, -0.2) is 31.6 Å². The first-order chi connectivity index (χ1) is 7.84. The van der Waals surface area contributed by atoms with Crippen molar-refractivity contribution in [2.45, 2.75) is 12.5 Å². The van der Waals surface area contributed by atoms with Crippen LogP contribution in [0.1, 0.15) is 6.42 Å². The van der Waals surface area contributed by atoms with Crippen molar-refractivity contribution in [1.82, 2.24) is 10.6 Å². The second-order valence-electron chi connectivity index (χ2n) is 3.83. The molecule has 0 atom stereocenters. The van der Waals surface area contributed by atoms with Crippen LogP contribution in [0.25, 0.3) is 0 Å². The van der Waals surface area contributed by atoms with Crippen molar-refractivity contribution in [2.75, 3.05) is 19.7 Å². The van der Waals surface area contributed by atoms with Gasteiger partial charge in [-0.2, -0.15) is 0 Å². The second kappa shape index (κ2) is 5.51. The summed E-state index contributed by atoms with van der Waals surface area (Å²) >= 11 is 0. The molecule has 1 aromatic carbocycles. The zero-order valence-electron chi connectivity index (χ0n) is 9.11. The number of nitrogens with one attached hydrogen (secondary N) is 2. The van der Waals surface area contributed by atoms with Crippen LogP contribution in [0.5, 0.6) is 5.75 Å². The Morgan fingerprint density at radius 1 is 1.38 bits per heavy atom. The summed E-state index contributed by atoms with van der Waals surface area (Å²) in [5.41, 5.74) is 0. The van der Waals surface area contributed by atoms with Crippen molar-refractivity contribution in [2.24, 2.45) is 0 Å². The Kier molecular flexibility index (Phi) is 3.77. The van der Waals surface area contributed by atoms with E-state index in [0.29, 0.717) is 19.1 Å². The first-order valence-electron chi connectivity index (χ1n) is 5.52. The first-order valence-corrected chi connectivity index (χ1v) is 5.52. The molecule has 0 unspecified atom stereocenters. The summed E-state index contributed by atoms with van der Waals surface area (Å²) in [4.78, 5) is 11.4. The molecular weight excluding hydrogens is 204 g/mol. The van der Waals surface area contributed by atoms with Crippen molar-refractivity contribution in [3.05, 3.63) is 30.3 Å². The molecule has 86 valence electrons. The van der Waals surface area contributed by atoms with Crippen LogP contribution >= 0.6 is 0 Å². The predicted octanol–water partition coefficient (Wildman–Crippen LogP) is 0.543. The Morgan fingerprint density at radius 3 is 2.75 bits per heavy atom. The van der Waals surface area contributed by atoms with Gasteiger partial charge in [0.25, 0.3) is 0 Å². The van der Waals surface area contributed by atoms with Gasteiger partial charge in [0.15, 0.2) is 0 Å². The quantitative estimate of drug-likeness (QED) is 0.761. The summed E-state index contributed by atoms with van der Waals surface area (Å²) in [6.45, 7) is 2.19. The monoisotopic (exact) mass is 220 g/mol. The van der Waals surface area contributed by atoms with E-state index in [1.165, 1.54) is 0 Å². The Balaban J connectivity index is 1.62. The number of hydrogen-bond donors (Lipinski definition) is 2. The molecule has 0 saturated carbocycles. The average molecular weight is 220 g/mol. The van der Waals surface area contributed by atoms with E-state index in [4.69, 9.17) is 4.74 Å². The molecule has 4 nitrogen and oxygen atoms in total. The van der Waals surface area contributed by atoms with Gasteiger partial charge in [-0.05, 0) is 12.1 Å². The van der Waals surface area contributed by atoms with Gasteiger partial charge in [-0.15, -0.1) is 0 Å². The Morgan fingerprint density at radius 2 is 2.12 bits per heavy atom. The van der Waals surface area contributed by atoms with Gasteiger partial charge in [-0.3, -0.25) is 4.79 Å². The first kappa shape index (κ1) is 11.0. The van der Waals surface area contributed by atoms with Crippen molar-refractivity contribution in [1.29, 1.82) is 0 Å². The van der Waals surface area contributed by atoms with Gasteiger partial charge in [0, 0.05) is 13.1 Å². The van der Waals surface area contributed by atoms with E-state index in [9.17, 15) is 4.79 Å². The van der Waals surface area contributed by atoms with Crippen molar-refractivity contribution >= 4 is 5.91 Å². The van der Waals surface area contributed by atoms with E-state index in [1.54, 1.807) is 0 Å². The number of amides is 1. The van der Waals surface area contributed by atoms with Crippen LogP contribution in [-0.2, 0) is 4.79 Å². The third-order valence-corrected chi connectivity index (χ3v) is 2.49. The standard InChI is InChI=1S/C12H16N2O2/c15-12(14-10-8-13-9-10)6-7-16-11-4-2-1-3-5-11/h1-5,10,13H,6-9H2,(H,14,15). The molecule has 1 amide bonds. The summed E-state index contributed by atoms with van der Waals surface area (Å²) in [6.07, 6.45) is 0.408. The van der Waals surface area contributed by atoms with E-state index in [1.807, 2.05) is 30.3 Å². The number of carbonyl (C=O) groups excluding carboxylic acids is 1. The van der Waals surface area contributed by atoms with Gasteiger partial charge >= 0.3 is 0 Å². The number of carbonyl (C=O) groups is 1. The van der Waals surface area contributed by atoms with E-state index >= 15 is 0 Å². The smallest absolute Gasteiger partial charge is 0.223 e. The Labute approximate surface area is 95.0 Å². The minimum Gasteiger partial charge on any atom is -0.493 e. The normalized spacial score (nSPS) is 15.2. The van der Waals surface area contributed by atoms with E-state index in [2.05, 4.69) is 10.6 Å². The molecule has 1 aliphatic heterocycles. The maximum Gasteiger partial charge on any atom is 0.223 e. The van der Waals surface area contributed by atoms with Crippen LogP contribution in [0, 0.1) is 0 Å². The zero-order chi connectivity index (χ0) is 11.2. The SMILES string of the molecule is O=C(CCOc1ccccc1)NC1CNC1. The summed E-state index contributed by atoms with van der Waals surface area (Å²) in [5, 5.41) is 6.02. The molecule has 0 bridgehead atoms. The van der Waals surface area contributed by atoms with Crippen LogP contribution in [0.3, 0.4) is 0 Å². The topological polar surface area (TPSA) is 50.4 Å². The van der Waals surface area contributed by atoms with Gasteiger partial charge < -0.3 is 15.4 Å². The lowest BCUT2D eigenvalue weighted by Crippen LogP contribution is -2.57. The lowest BCUT2D eigenvalue weighted by Gasteiger charge is -2.27. The van der Waals surface area contributed by atoms with Crippen LogP contribution in [0.4, 0.5) is 0 Å². The fourth-order valence-electron chi connectivity index (χ4n) is 1.47. The summed E-state index contributed by atoms with van der Waals surface area (Å²) < 4.78 is 5.43. The highest BCUT2D eigenvalue weighted by Gasteiger charge is 2.18. The molecule has 16 heavy (non-hydrogen) atoms. The molecule has 0 spiro atoms. The van der Waals surface area contributed by atoms with Gasteiger partial charge in [0.1, 0.15) is 5.75 Å². The van der Waals surface area contributed by atoms with Crippen LogP contribution in [0.15, 0.2) is 30.3 Å². The predicted molar refractivity (Wildman–Crippen MR) is 61.4 cm³/mol. The van der Waals surface area contributed by atoms with E-state index < -0.39 is 0 Å². The molecular formula is C12H16N2O2. The lowest BCUT2D eigenvalue weighted by atomic mass is 10.2. The molecule has 1 aliphatic rings. The largest absolute Gasteiger partial charge is 0.493 e. The number of hydrogen-bond acceptors (Lipinski definition) is 3. The van der Waals surface area contributed by atoms with Crippen molar-refractivity contribution in [3.8, 4) is 5.75 Å². The van der Waals surface area contributed by atoms with E-state index in [0.717, 1.165) is 18.8 Å². The van der Waals surface area contributed by atoms with E-state index in [-0.39, 0.29) is 5.91 Å². The number of rotatable bonds is 5. The number of para-hydroxylation sites is 1. The molecule has 2 rings (SSSR count). The molecule has 0 aliphatic carbocycles. The summed E-state index contributed by atoms with van der Waals surface area (Å²) in [7, 11) is 0. The maximum absolute atomic E-state index is 11.4. The molecule has 1 aromatic rings.